The Labute approximate surface area is 105 Å². The van der Waals surface area contributed by atoms with Gasteiger partial charge in [0.1, 0.15) is 0 Å². The van der Waals surface area contributed by atoms with Crippen molar-refractivity contribution in [2.75, 3.05) is 13.2 Å². The second-order valence-electron chi connectivity index (χ2n) is 5.35. The van der Waals surface area contributed by atoms with Crippen molar-refractivity contribution in [3.05, 3.63) is 24.0 Å². The van der Waals surface area contributed by atoms with Crippen LogP contribution in [0.15, 0.2) is 18.3 Å². The fourth-order valence-electron chi connectivity index (χ4n) is 1.67. The van der Waals surface area contributed by atoms with Crippen LogP contribution in [0.5, 0.6) is 0 Å². The average molecular weight is 238 g/mol. The van der Waals surface area contributed by atoms with Crippen LogP contribution in [-0.2, 0) is 17.8 Å². The number of aromatic nitrogens is 1. The minimum Gasteiger partial charge on any atom is -0.382 e. The summed E-state index contributed by atoms with van der Waals surface area (Å²) in [7, 11) is 0. The van der Waals surface area contributed by atoms with E-state index in [0.717, 1.165) is 32.7 Å². The molecule has 3 heteroatoms. The van der Waals surface area contributed by atoms with Crippen molar-refractivity contribution in [1.82, 2.24) is 9.88 Å². The zero-order chi connectivity index (χ0) is 12.7. The molecule has 1 aromatic heterocycles. The van der Waals surface area contributed by atoms with Gasteiger partial charge in [0.25, 0.3) is 0 Å². The van der Waals surface area contributed by atoms with Crippen LogP contribution in [0, 0.1) is 0 Å². The molecule has 1 aromatic rings. The Balaban J connectivity index is 2.37. The molecule has 0 radical (unpaired) electrons. The molecule has 0 aliphatic carbocycles. The summed E-state index contributed by atoms with van der Waals surface area (Å²) >= 11 is 0. The van der Waals surface area contributed by atoms with Crippen LogP contribution in [0.25, 0.3) is 0 Å². The van der Waals surface area contributed by atoms with Gasteiger partial charge < -0.3 is 14.6 Å². The van der Waals surface area contributed by atoms with E-state index in [1.54, 1.807) is 0 Å². The van der Waals surface area contributed by atoms with Crippen LogP contribution in [0.4, 0.5) is 0 Å². The molecule has 98 valence electrons. The quantitative estimate of drug-likeness (QED) is 0.739. The molecule has 0 bridgehead atoms. The van der Waals surface area contributed by atoms with Gasteiger partial charge in [0.2, 0.25) is 0 Å². The smallest absolute Gasteiger partial charge is 0.0482 e. The van der Waals surface area contributed by atoms with Gasteiger partial charge in [-0.2, -0.15) is 0 Å². The zero-order valence-electron chi connectivity index (χ0n) is 11.6. The van der Waals surface area contributed by atoms with Crippen LogP contribution in [0.1, 0.15) is 39.8 Å². The maximum Gasteiger partial charge on any atom is 0.0482 e. The van der Waals surface area contributed by atoms with Crippen molar-refractivity contribution in [2.45, 2.75) is 52.7 Å². The van der Waals surface area contributed by atoms with Gasteiger partial charge in [0.15, 0.2) is 0 Å². The summed E-state index contributed by atoms with van der Waals surface area (Å²) in [6.07, 6.45) is 3.22. The number of rotatable bonds is 7. The largest absolute Gasteiger partial charge is 0.382 e. The van der Waals surface area contributed by atoms with Crippen LogP contribution in [-0.4, -0.2) is 23.3 Å². The molecular weight excluding hydrogens is 212 g/mol. The van der Waals surface area contributed by atoms with E-state index < -0.39 is 0 Å². The molecule has 0 aromatic carbocycles. The zero-order valence-corrected chi connectivity index (χ0v) is 11.6. The lowest BCUT2D eigenvalue weighted by molar-refractivity contribution is 0.141. The van der Waals surface area contributed by atoms with Gasteiger partial charge >= 0.3 is 0 Å². The minimum absolute atomic E-state index is 0.167. The predicted octanol–water partition coefficient (Wildman–Crippen LogP) is 2.80. The first-order valence-electron chi connectivity index (χ1n) is 6.49. The van der Waals surface area contributed by atoms with Gasteiger partial charge in [-0.1, -0.05) is 0 Å². The van der Waals surface area contributed by atoms with Crippen LogP contribution in [0.3, 0.4) is 0 Å². The number of nitrogens with zero attached hydrogens (tertiary/aromatic N) is 1. The maximum absolute atomic E-state index is 5.36. The number of aryl methyl sites for hydroxylation is 1. The molecule has 0 fully saturated rings. The second-order valence-corrected chi connectivity index (χ2v) is 5.35. The van der Waals surface area contributed by atoms with Gasteiger partial charge in [0.05, 0.1) is 0 Å². The Morgan fingerprint density at radius 2 is 2.12 bits per heavy atom. The topological polar surface area (TPSA) is 26.2 Å². The van der Waals surface area contributed by atoms with E-state index in [0.29, 0.717) is 0 Å². The van der Waals surface area contributed by atoms with E-state index in [-0.39, 0.29) is 5.54 Å². The molecule has 17 heavy (non-hydrogen) atoms. The summed E-state index contributed by atoms with van der Waals surface area (Å²) in [6, 6.07) is 4.29. The van der Waals surface area contributed by atoms with Crippen molar-refractivity contribution >= 4 is 0 Å². The van der Waals surface area contributed by atoms with Gasteiger partial charge in [-0.3, -0.25) is 0 Å². The van der Waals surface area contributed by atoms with Gasteiger partial charge in [-0.05, 0) is 46.2 Å². The van der Waals surface area contributed by atoms with Crippen LogP contribution < -0.4 is 5.32 Å². The number of hydrogen-bond acceptors (Lipinski definition) is 2. The van der Waals surface area contributed by atoms with Crippen molar-refractivity contribution < 1.29 is 4.74 Å². The van der Waals surface area contributed by atoms with E-state index in [1.807, 2.05) is 6.92 Å². The van der Waals surface area contributed by atoms with E-state index in [2.05, 4.69) is 49.0 Å². The highest BCUT2D eigenvalue weighted by Crippen LogP contribution is 2.07. The third kappa shape index (κ3) is 5.89. The Bertz CT molecular complexity index is 312. The predicted molar refractivity (Wildman–Crippen MR) is 72.1 cm³/mol. The molecule has 0 saturated heterocycles. The normalized spacial score (nSPS) is 12.0. The molecule has 0 spiro atoms. The van der Waals surface area contributed by atoms with Crippen molar-refractivity contribution in [3.8, 4) is 0 Å². The van der Waals surface area contributed by atoms with E-state index >= 15 is 0 Å². The molecular formula is C14H26N2O. The SMILES string of the molecule is CCOCCCn1cccc1CNC(C)(C)C. The lowest BCUT2D eigenvalue weighted by Gasteiger charge is -2.21. The molecule has 0 atom stereocenters. The Kier molecular flexibility index (Phi) is 5.72. The van der Waals surface area contributed by atoms with Gasteiger partial charge in [0, 0.05) is 43.7 Å². The monoisotopic (exact) mass is 238 g/mol. The molecule has 3 nitrogen and oxygen atoms in total. The highest BCUT2D eigenvalue weighted by Gasteiger charge is 2.09. The Morgan fingerprint density at radius 3 is 2.76 bits per heavy atom. The lowest BCUT2D eigenvalue weighted by atomic mass is 10.1. The van der Waals surface area contributed by atoms with E-state index in [4.69, 9.17) is 4.74 Å². The summed E-state index contributed by atoms with van der Waals surface area (Å²) in [4.78, 5) is 0. The van der Waals surface area contributed by atoms with E-state index in [9.17, 15) is 0 Å². The summed E-state index contributed by atoms with van der Waals surface area (Å²) in [5.74, 6) is 0. The Morgan fingerprint density at radius 1 is 1.35 bits per heavy atom. The number of ether oxygens (including phenoxy) is 1. The van der Waals surface area contributed by atoms with Gasteiger partial charge in [-0.25, -0.2) is 0 Å². The van der Waals surface area contributed by atoms with Crippen molar-refractivity contribution in [3.63, 3.8) is 0 Å². The molecule has 0 amide bonds. The fraction of sp³-hybridized carbons (Fsp3) is 0.714. The van der Waals surface area contributed by atoms with Gasteiger partial charge in [-0.15, -0.1) is 0 Å². The number of nitrogens with one attached hydrogen (secondary N) is 1. The van der Waals surface area contributed by atoms with E-state index in [1.165, 1.54) is 5.69 Å². The molecule has 0 aliphatic rings. The summed E-state index contributed by atoms with van der Waals surface area (Å²) in [6.45, 7) is 12.2. The summed E-state index contributed by atoms with van der Waals surface area (Å²) in [5.41, 5.74) is 1.51. The highest BCUT2D eigenvalue weighted by atomic mass is 16.5. The minimum atomic E-state index is 0.167. The molecule has 1 rings (SSSR count). The molecule has 0 aliphatic heterocycles. The molecule has 1 N–H and O–H groups in total. The molecule has 1 heterocycles. The fourth-order valence-corrected chi connectivity index (χ4v) is 1.67. The lowest BCUT2D eigenvalue weighted by Crippen LogP contribution is -2.35. The van der Waals surface area contributed by atoms with Crippen LogP contribution >= 0.6 is 0 Å². The first kappa shape index (κ1) is 14.3. The summed E-state index contributed by atoms with van der Waals surface area (Å²) < 4.78 is 7.66. The number of hydrogen-bond donors (Lipinski definition) is 1. The second kappa shape index (κ2) is 6.82. The summed E-state index contributed by atoms with van der Waals surface area (Å²) in [5, 5.41) is 3.51. The first-order chi connectivity index (χ1) is 8.03. The van der Waals surface area contributed by atoms with Crippen molar-refractivity contribution in [1.29, 1.82) is 0 Å². The highest BCUT2D eigenvalue weighted by molar-refractivity contribution is 5.07. The standard InChI is InChI=1S/C14H26N2O/c1-5-17-11-7-10-16-9-6-8-13(16)12-15-14(2,3)4/h6,8-9,15H,5,7,10-12H2,1-4H3. The van der Waals surface area contributed by atoms with Crippen LogP contribution in [0.2, 0.25) is 0 Å². The first-order valence-corrected chi connectivity index (χ1v) is 6.49. The average Bonchev–Trinajstić information content (AvgIpc) is 2.68. The maximum atomic E-state index is 5.36. The Hall–Kier alpha value is -0.800. The third-order valence-corrected chi connectivity index (χ3v) is 2.62. The molecule has 0 saturated carbocycles. The van der Waals surface area contributed by atoms with Crippen molar-refractivity contribution in [2.24, 2.45) is 0 Å². The molecule has 0 unspecified atom stereocenters. The third-order valence-electron chi connectivity index (χ3n) is 2.62.